The Labute approximate surface area is 138 Å². The number of urea groups is 1. The van der Waals surface area contributed by atoms with Crippen LogP contribution in [0.15, 0.2) is 30.5 Å². The molecule has 0 spiro atoms. The molecule has 7 nitrogen and oxygen atoms in total. The van der Waals surface area contributed by atoms with Crippen molar-refractivity contribution in [3.8, 4) is 0 Å². The molecule has 0 saturated carbocycles. The van der Waals surface area contributed by atoms with Crippen LogP contribution in [0.1, 0.15) is 12.0 Å². The van der Waals surface area contributed by atoms with Crippen LogP contribution in [0.3, 0.4) is 0 Å². The first-order chi connectivity index (χ1) is 11.4. The van der Waals surface area contributed by atoms with Gasteiger partial charge in [-0.05, 0) is 18.1 Å². The van der Waals surface area contributed by atoms with Crippen LogP contribution in [0.5, 0.6) is 0 Å². The summed E-state index contributed by atoms with van der Waals surface area (Å²) in [6, 6.07) is 6.06. The van der Waals surface area contributed by atoms with E-state index in [9.17, 15) is 18.0 Å². The fourth-order valence-corrected chi connectivity index (χ4v) is 5.23. The number of sulfone groups is 1. The van der Waals surface area contributed by atoms with E-state index in [0.29, 0.717) is 12.8 Å². The number of carbonyl (C=O) groups excluding carboxylic acids is 2. The minimum absolute atomic E-state index is 0.0296. The van der Waals surface area contributed by atoms with Crippen molar-refractivity contribution in [1.82, 2.24) is 15.2 Å². The molecule has 24 heavy (non-hydrogen) atoms. The molecule has 2 aliphatic heterocycles. The molecule has 2 aliphatic rings. The molecule has 4 rings (SSSR count). The predicted octanol–water partition coefficient (Wildman–Crippen LogP) is 0.818. The fourth-order valence-electron chi connectivity index (χ4n) is 3.53. The number of H-pyrrole nitrogens is 1. The summed E-state index contributed by atoms with van der Waals surface area (Å²) in [7, 11) is -3.15. The third kappa shape index (κ3) is 2.47. The van der Waals surface area contributed by atoms with Crippen molar-refractivity contribution in [2.24, 2.45) is 0 Å². The number of carbonyl (C=O) groups is 2. The Morgan fingerprint density at radius 2 is 2.00 bits per heavy atom. The quantitative estimate of drug-likeness (QED) is 0.803. The summed E-state index contributed by atoms with van der Waals surface area (Å²) in [6.07, 6.45) is 2.54. The Morgan fingerprint density at radius 3 is 2.75 bits per heavy atom. The monoisotopic (exact) mass is 347 g/mol. The smallest absolute Gasteiger partial charge is 0.325 e. The van der Waals surface area contributed by atoms with E-state index in [0.717, 1.165) is 21.4 Å². The number of aromatic amines is 1. The zero-order valence-electron chi connectivity index (χ0n) is 12.9. The SMILES string of the molecule is O=C1N[C@H](Cc2c[nH]c3ccccc23)C(=O)N1[C@H]1CCS(=O)(=O)C1. The average molecular weight is 347 g/mol. The molecule has 2 N–H and O–H groups in total. The van der Waals surface area contributed by atoms with Gasteiger partial charge in [0.2, 0.25) is 0 Å². The van der Waals surface area contributed by atoms with Crippen molar-refractivity contribution in [1.29, 1.82) is 0 Å². The number of fused-ring (bicyclic) bond motifs is 1. The van der Waals surface area contributed by atoms with Gasteiger partial charge in [-0.3, -0.25) is 9.69 Å². The molecule has 1 aromatic heterocycles. The van der Waals surface area contributed by atoms with Crippen molar-refractivity contribution in [3.63, 3.8) is 0 Å². The molecule has 1 aromatic carbocycles. The number of rotatable bonds is 3. The van der Waals surface area contributed by atoms with Crippen molar-refractivity contribution >= 4 is 32.7 Å². The van der Waals surface area contributed by atoms with Gasteiger partial charge in [-0.2, -0.15) is 0 Å². The minimum Gasteiger partial charge on any atom is -0.361 e. The lowest BCUT2D eigenvalue weighted by Crippen LogP contribution is -2.41. The van der Waals surface area contributed by atoms with Gasteiger partial charge in [0.05, 0.1) is 17.5 Å². The third-order valence-corrected chi connectivity index (χ3v) is 6.47. The second kappa shape index (κ2) is 5.34. The van der Waals surface area contributed by atoms with Crippen molar-refractivity contribution in [3.05, 3.63) is 36.0 Å². The number of hydrogen-bond donors (Lipinski definition) is 2. The van der Waals surface area contributed by atoms with Gasteiger partial charge in [0.15, 0.2) is 9.84 Å². The van der Waals surface area contributed by atoms with Crippen LogP contribution in [0.2, 0.25) is 0 Å². The van der Waals surface area contributed by atoms with E-state index >= 15 is 0 Å². The average Bonchev–Trinajstić information content (AvgIpc) is 3.18. The largest absolute Gasteiger partial charge is 0.361 e. The number of para-hydroxylation sites is 1. The Morgan fingerprint density at radius 1 is 1.21 bits per heavy atom. The van der Waals surface area contributed by atoms with Gasteiger partial charge in [-0.25, -0.2) is 13.2 Å². The molecular weight excluding hydrogens is 330 g/mol. The molecule has 126 valence electrons. The number of hydrogen-bond acceptors (Lipinski definition) is 4. The highest BCUT2D eigenvalue weighted by atomic mass is 32.2. The van der Waals surface area contributed by atoms with Crippen LogP contribution in [0, 0.1) is 0 Å². The summed E-state index contributed by atoms with van der Waals surface area (Å²) in [5, 5.41) is 3.70. The van der Waals surface area contributed by atoms with Crippen molar-refractivity contribution in [2.75, 3.05) is 11.5 Å². The summed E-state index contributed by atoms with van der Waals surface area (Å²) in [5.41, 5.74) is 1.92. The first kappa shape index (κ1) is 15.2. The van der Waals surface area contributed by atoms with Gasteiger partial charge in [-0.15, -0.1) is 0 Å². The van der Waals surface area contributed by atoms with Gasteiger partial charge in [0.1, 0.15) is 6.04 Å². The number of benzene rings is 1. The Balaban J connectivity index is 1.55. The summed E-state index contributed by atoms with van der Waals surface area (Å²) in [6.45, 7) is 0. The van der Waals surface area contributed by atoms with Crippen LogP contribution >= 0.6 is 0 Å². The second-order valence-electron chi connectivity index (χ2n) is 6.33. The lowest BCUT2D eigenvalue weighted by atomic mass is 10.0. The molecule has 3 heterocycles. The van der Waals surface area contributed by atoms with Gasteiger partial charge in [0.25, 0.3) is 5.91 Å². The first-order valence-electron chi connectivity index (χ1n) is 7.83. The second-order valence-corrected chi connectivity index (χ2v) is 8.56. The Bertz CT molecular complexity index is 934. The Kier molecular flexibility index (Phi) is 3.38. The van der Waals surface area contributed by atoms with E-state index in [1.165, 1.54) is 0 Å². The van der Waals surface area contributed by atoms with E-state index in [1.807, 2.05) is 30.5 Å². The van der Waals surface area contributed by atoms with Crippen LogP contribution < -0.4 is 5.32 Å². The minimum atomic E-state index is -3.15. The molecule has 8 heteroatoms. The molecule has 0 unspecified atom stereocenters. The van der Waals surface area contributed by atoms with E-state index in [-0.39, 0.29) is 17.4 Å². The van der Waals surface area contributed by atoms with E-state index < -0.39 is 28.0 Å². The van der Waals surface area contributed by atoms with E-state index in [2.05, 4.69) is 10.3 Å². The molecule has 0 radical (unpaired) electrons. The molecule has 0 bridgehead atoms. The zero-order chi connectivity index (χ0) is 16.9. The number of nitrogens with zero attached hydrogens (tertiary/aromatic N) is 1. The number of imide groups is 1. The summed E-state index contributed by atoms with van der Waals surface area (Å²) in [4.78, 5) is 29.0. The maximum Gasteiger partial charge on any atom is 0.325 e. The van der Waals surface area contributed by atoms with Crippen LogP contribution in [-0.4, -0.2) is 53.8 Å². The van der Waals surface area contributed by atoms with Crippen molar-refractivity contribution < 1.29 is 18.0 Å². The summed E-state index contributed by atoms with van der Waals surface area (Å²) >= 11 is 0. The normalized spacial score (nSPS) is 26.2. The Hall–Kier alpha value is -2.35. The lowest BCUT2D eigenvalue weighted by molar-refractivity contribution is -0.128. The van der Waals surface area contributed by atoms with Crippen LogP contribution in [-0.2, 0) is 21.1 Å². The fraction of sp³-hybridized carbons (Fsp3) is 0.375. The standard InChI is InChI=1S/C16H17N3O4S/c20-15-14(7-10-8-17-13-4-2-1-3-12(10)13)18-16(21)19(15)11-5-6-24(22,23)9-11/h1-4,8,11,14,17H,5-7,9H2,(H,18,21)/t11-,14+/m0/s1. The van der Waals surface area contributed by atoms with Gasteiger partial charge in [0, 0.05) is 23.5 Å². The molecule has 0 aliphatic carbocycles. The number of amides is 3. The van der Waals surface area contributed by atoms with E-state index in [4.69, 9.17) is 0 Å². The summed E-state index contributed by atoms with van der Waals surface area (Å²) in [5.74, 6) is -0.444. The molecule has 3 amide bonds. The number of nitrogens with one attached hydrogen (secondary N) is 2. The molecular formula is C16H17N3O4S. The van der Waals surface area contributed by atoms with Crippen LogP contribution in [0.4, 0.5) is 4.79 Å². The highest BCUT2D eigenvalue weighted by Gasteiger charge is 2.45. The van der Waals surface area contributed by atoms with E-state index in [1.54, 1.807) is 0 Å². The molecule has 2 fully saturated rings. The van der Waals surface area contributed by atoms with Gasteiger partial charge in [-0.1, -0.05) is 18.2 Å². The summed E-state index contributed by atoms with van der Waals surface area (Å²) < 4.78 is 23.2. The van der Waals surface area contributed by atoms with Crippen LogP contribution in [0.25, 0.3) is 10.9 Å². The maximum atomic E-state index is 12.6. The maximum absolute atomic E-state index is 12.6. The zero-order valence-corrected chi connectivity index (χ0v) is 13.7. The highest BCUT2D eigenvalue weighted by molar-refractivity contribution is 7.91. The highest BCUT2D eigenvalue weighted by Crippen LogP contribution is 2.25. The number of aromatic nitrogens is 1. The van der Waals surface area contributed by atoms with Gasteiger partial charge >= 0.3 is 6.03 Å². The first-order valence-corrected chi connectivity index (χ1v) is 9.66. The predicted molar refractivity (Wildman–Crippen MR) is 88.2 cm³/mol. The third-order valence-electron chi connectivity index (χ3n) is 4.72. The van der Waals surface area contributed by atoms with Crippen molar-refractivity contribution in [2.45, 2.75) is 24.9 Å². The van der Waals surface area contributed by atoms with Gasteiger partial charge < -0.3 is 10.3 Å². The molecule has 2 aromatic rings. The molecule has 2 atom stereocenters. The molecule has 2 saturated heterocycles. The topological polar surface area (TPSA) is 99.3 Å². The lowest BCUT2D eigenvalue weighted by Gasteiger charge is -2.19.